The number of amides is 1. The standard InChI is InChI=1S/C21H34N2O4/c1-15(23-19(26)27-20(2,3)4)16-7-9-17(10-8-16)18(25)13-22-21(14-24)11-5-6-12-21/h7-10,15,18,22,24-25H,5-6,11-14H2,1-4H3,(H,23,26)/t15-,18+/m0/s1. The topological polar surface area (TPSA) is 90.8 Å². The molecule has 0 aromatic heterocycles. The van der Waals surface area contributed by atoms with Gasteiger partial charge in [-0.1, -0.05) is 37.1 Å². The fraction of sp³-hybridized carbons (Fsp3) is 0.667. The summed E-state index contributed by atoms with van der Waals surface area (Å²) in [5.41, 5.74) is 0.970. The number of ether oxygens (including phenoxy) is 1. The fourth-order valence-corrected chi connectivity index (χ4v) is 3.45. The van der Waals surface area contributed by atoms with Crippen molar-refractivity contribution in [3.63, 3.8) is 0 Å². The molecule has 1 aromatic rings. The lowest BCUT2D eigenvalue weighted by Crippen LogP contribution is -2.47. The van der Waals surface area contributed by atoms with Gasteiger partial charge in [0.2, 0.25) is 0 Å². The smallest absolute Gasteiger partial charge is 0.408 e. The van der Waals surface area contributed by atoms with E-state index >= 15 is 0 Å². The highest BCUT2D eigenvalue weighted by Crippen LogP contribution is 2.29. The fourth-order valence-electron chi connectivity index (χ4n) is 3.45. The largest absolute Gasteiger partial charge is 0.444 e. The molecule has 1 fully saturated rings. The molecule has 6 heteroatoms. The summed E-state index contributed by atoms with van der Waals surface area (Å²) in [6.45, 7) is 7.88. The maximum Gasteiger partial charge on any atom is 0.408 e. The molecule has 0 saturated heterocycles. The molecule has 0 unspecified atom stereocenters. The van der Waals surface area contributed by atoms with Gasteiger partial charge in [-0.2, -0.15) is 0 Å². The minimum Gasteiger partial charge on any atom is -0.444 e. The van der Waals surface area contributed by atoms with Crippen LogP contribution in [-0.4, -0.2) is 40.6 Å². The zero-order valence-corrected chi connectivity index (χ0v) is 16.9. The zero-order valence-electron chi connectivity index (χ0n) is 16.9. The predicted octanol–water partition coefficient (Wildman–Crippen LogP) is 3.20. The van der Waals surface area contributed by atoms with Crippen molar-refractivity contribution in [3.05, 3.63) is 35.4 Å². The van der Waals surface area contributed by atoms with Crippen LogP contribution in [0.25, 0.3) is 0 Å². The van der Waals surface area contributed by atoms with Crippen LogP contribution in [-0.2, 0) is 4.74 Å². The third kappa shape index (κ3) is 6.48. The van der Waals surface area contributed by atoms with Gasteiger partial charge >= 0.3 is 6.09 Å². The molecular weight excluding hydrogens is 344 g/mol. The van der Waals surface area contributed by atoms with Crippen LogP contribution in [0.2, 0.25) is 0 Å². The Morgan fingerprint density at radius 3 is 2.26 bits per heavy atom. The number of aliphatic hydroxyl groups is 2. The van der Waals surface area contributed by atoms with E-state index in [1.165, 1.54) is 0 Å². The number of rotatable bonds is 7. The first-order valence-electron chi connectivity index (χ1n) is 9.77. The molecule has 1 aromatic carbocycles. The van der Waals surface area contributed by atoms with Crippen molar-refractivity contribution >= 4 is 6.09 Å². The second-order valence-corrected chi connectivity index (χ2v) is 8.58. The highest BCUT2D eigenvalue weighted by Gasteiger charge is 2.33. The van der Waals surface area contributed by atoms with E-state index in [2.05, 4.69) is 10.6 Å². The van der Waals surface area contributed by atoms with Crippen LogP contribution in [0.1, 0.15) is 76.7 Å². The Morgan fingerprint density at radius 1 is 1.19 bits per heavy atom. The van der Waals surface area contributed by atoms with Gasteiger partial charge in [-0.3, -0.25) is 0 Å². The summed E-state index contributed by atoms with van der Waals surface area (Å²) in [6, 6.07) is 7.35. The first-order valence-corrected chi connectivity index (χ1v) is 9.77. The minimum atomic E-state index is -0.641. The van der Waals surface area contributed by atoms with Gasteiger partial charge in [0.25, 0.3) is 0 Å². The molecule has 6 nitrogen and oxygen atoms in total. The first-order chi connectivity index (χ1) is 12.6. The number of nitrogens with one attached hydrogen (secondary N) is 2. The lowest BCUT2D eigenvalue weighted by molar-refractivity contribution is 0.0508. The average molecular weight is 379 g/mol. The summed E-state index contributed by atoms with van der Waals surface area (Å²) in [4.78, 5) is 11.9. The average Bonchev–Trinajstić information content (AvgIpc) is 3.07. The molecule has 1 saturated carbocycles. The molecule has 2 rings (SSSR count). The van der Waals surface area contributed by atoms with Gasteiger partial charge in [0.05, 0.1) is 18.8 Å². The van der Waals surface area contributed by atoms with Crippen LogP contribution in [0.15, 0.2) is 24.3 Å². The van der Waals surface area contributed by atoms with Gasteiger partial charge in [-0.25, -0.2) is 4.79 Å². The third-order valence-electron chi connectivity index (χ3n) is 5.09. The van der Waals surface area contributed by atoms with E-state index in [1.807, 2.05) is 52.0 Å². The van der Waals surface area contributed by atoms with Crippen molar-refractivity contribution in [1.82, 2.24) is 10.6 Å². The zero-order chi connectivity index (χ0) is 20.1. The highest BCUT2D eigenvalue weighted by molar-refractivity contribution is 5.68. The van der Waals surface area contributed by atoms with E-state index in [9.17, 15) is 15.0 Å². The molecule has 1 aliphatic carbocycles. The van der Waals surface area contributed by atoms with Gasteiger partial charge in [0.15, 0.2) is 0 Å². The molecule has 0 bridgehead atoms. The van der Waals surface area contributed by atoms with Crippen LogP contribution in [0.5, 0.6) is 0 Å². The summed E-state index contributed by atoms with van der Waals surface area (Å²) in [6.07, 6.45) is 3.03. The second-order valence-electron chi connectivity index (χ2n) is 8.58. The van der Waals surface area contributed by atoms with Gasteiger partial charge in [0, 0.05) is 12.1 Å². The van der Waals surface area contributed by atoms with Crippen LogP contribution in [0.3, 0.4) is 0 Å². The number of carbonyl (C=O) groups is 1. The summed E-state index contributed by atoms with van der Waals surface area (Å²) < 4.78 is 5.27. The number of hydrogen-bond donors (Lipinski definition) is 4. The molecular formula is C21H34N2O4. The maximum atomic E-state index is 11.9. The Morgan fingerprint density at radius 2 is 1.74 bits per heavy atom. The predicted molar refractivity (Wildman–Crippen MR) is 105 cm³/mol. The van der Waals surface area contributed by atoms with Gasteiger partial charge in [0.1, 0.15) is 5.60 Å². The third-order valence-corrected chi connectivity index (χ3v) is 5.09. The summed E-state index contributed by atoms with van der Waals surface area (Å²) in [5.74, 6) is 0. The molecule has 27 heavy (non-hydrogen) atoms. The monoisotopic (exact) mass is 378 g/mol. The van der Waals surface area contributed by atoms with Crippen LogP contribution in [0.4, 0.5) is 4.79 Å². The van der Waals surface area contributed by atoms with E-state index in [1.54, 1.807) is 0 Å². The van der Waals surface area contributed by atoms with E-state index in [4.69, 9.17) is 4.74 Å². The lowest BCUT2D eigenvalue weighted by atomic mass is 9.97. The second kappa shape index (κ2) is 9.04. The van der Waals surface area contributed by atoms with Gasteiger partial charge in [-0.15, -0.1) is 0 Å². The lowest BCUT2D eigenvalue weighted by Gasteiger charge is -2.29. The van der Waals surface area contributed by atoms with Crippen molar-refractivity contribution in [3.8, 4) is 0 Å². The number of alkyl carbamates (subject to hydrolysis) is 1. The van der Waals surface area contributed by atoms with Gasteiger partial charge < -0.3 is 25.6 Å². The van der Waals surface area contributed by atoms with E-state index in [0.29, 0.717) is 6.54 Å². The minimum absolute atomic E-state index is 0.104. The van der Waals surface area contributed by atoms with Crippen molar-refractivity contribution in [2.75, 3.05) is 13.2 Å². The Kier molecular flexibility index (Phi) is 7.25. The number of β-amino-alcohol motifs (C(OH)–C–C–N with tert-alkyl or cyclic N) is 1. The van der Waals surface area contributed by atoms with Crippen molar-refractivity contribution in [2.24, 2.45) is 0 Å². The summed E-state index contributed by atoms with van der Waals surface area (Å²) in [5, 5.41) is 26.3. The van der Waals surface area contributed by atoms with Crippen LogP contribution in [0, 0.1) is 0 Å². The Bertz CT molecular complexity index is 604. The Hall–Kier alpha value is -1.63. The van der Waals surface area contributed by atoms with Gasteiger partial charge in [-0.05, 0) is 51.7 Å². The molecule has 4 N–H and O–H groups in total. The normalized spacial score (nSPS) is 18.7. The molecule has 0 heterocycles. The summed E-state index contributed by atoms with van der Waals surface area (Å²) in [7, 11) is 0. The van der Waals surface area contributed by atoms with Crippen LogP contribution < -0.4 is 10.6 Å². The van der Waals surface area contributed by atoms with E-state index in [-0.39, 0.29) is 18.2 Å². The first kappa shape index (κ1) is 21.7. The molecule has 1 aliphatic rings. The summed E-state index contributed by atoms with van der Waals surface area (Å²) >= 11 is 0. The molecule has 152 valence electrons. The number of benzene rings is 1. The van der Waals surface area contributed by atoms with Crippen LogP contribution >= 0.6 is 0 Å². The molecule has 0 radical (unpaired) electrons. The number of aliphatic hydroxyl groups excluding tert-OH is 2. The van der Waals surface area contributed by atoms with E-state index in [0.717, 1.165) is 36.8 Å². The molecule has 0 aliphatic heterocycles. The number of carbonyl (C=O) groups excluding carboxylic acids is 1. The Labute approximate surface area is 162 Å². The quantitative estimate of drug-likeness (QED) is 0.585. The molecule has 0 spiro atoms. The molecule has 2 atom stereocenters. The maximum absolute atomic E-state index is 11.9. The SMILES string of the molecule is C[C@H](NC(=O)OC(C)(C)C)c1ccc([C@H](O)CNC2(CO)CCCC2)cc1. The Balaban J connectivity index is 1.89. The highest BCUT2D eigenvalue weighted by atomic mass is 16.6. The van der Waals surface area contributed by atoms with Crippen molar-refractivity contribution < 1.29 is 19.7 Å². The number of hydrogen-bond acceptors (Lipinski definition) is 5. The molecule has 1 amide bonds. The van der Waals surface area contributed by atoms with Crippen molar-refractivity contribution in [1.29, 1.82) is 0 Å². The van der Waals surface area contributed by atoms with Crippen molar-refractivity contribution in [2.45, 2.75) is 76.7 Å². The van der Waals surface area contributed by atoms with E-state index < -0.39 is 17.8 Å².